The number of aromatic nitrogens is 4. The third-order valence-corrected chi connectivity index (χ3v) is 6.79. The van der Waals surface area contributed by atoms with Gasteiger partial charge in [0.2, 0.25) is 17.6 Å². The topological polar surface area (TPSA) is 98.3 Å². The van der Waals surface area contributed by atoms with Crippen LogP contribution in [0.5, 0.6) is 5.75 Å². The summed E-state index contributed by atoms with van der Waals surface area (Å²) in [7, 11) is 1.64. The number of carbonyl (C=O) groups is 1. The van der Waals surface area contributed by atoms with E-state index in [-0.39, 0.29) is 11.8 Å². The van der Waals surface area contributed by atoms with Gasteiger partial charge in [0.15, 0.2) is 0 Å². The molecule has 1 aliphatic rings. The van der Waals surface area contributed by atoms with Gasteiger partial charge in [0, 0.05) is 37.6 Å². The number of rotatable bonds is 9. The molecule has 0 spiro atoms. The highest BCUT2D eigenvalue weighted by molar-refractivity contribution is 5.79. The summed E-state index contributed by atoms with van der Waals surface area (Å²) in [6, 6.07) is 15.9. The highest BCUT2D eigenvalue weighted by Gasteiger charge is 2.27. The van der Waals surface area contributed by atoms with Gasteiger partial charge in [-0.25, -0.2) is 4.98 Å². The first-order valence-electron chi connectivity index (χ1n) is 12.6. The summed E-state index contributed by atoms with van der Waals surface area (Å²) in [5.74, 6) is 2.89. The number of hydrogen-bond acceptors (Lipinski definition) is 7. The highest BCUT2D eigenvalue weighted by atomic mass is 16.5. The maximum Gasteiger partial charge on any atom is 0.241 e. The number of hydrogen-bond donors (Lipinski definition) is 1. The minimum atomic E-state index is -0.0606. The third kappa shape index (κ3) is 6.24. The molecule has 0 aliphatic carbocycles. The zero-order valence-electron chi connectivity index (χ0n) is 21.3. The molecule has 2 aromatic heterocycles. The van der Waals surface area contributed by atoms with Crippen molar-refractivity contribution in [2.45, 2.75) is 39.4 Å². The van der Waals surface area contributed by atoms with Crippen molar-refractivity contribution in [3.8, 4) is 17.1 Å². The molecule has 1 unspecified atom stereocenters. The van der Waals surface area contributed by atoms with Crippen molar-refractivity contribution in [2.24, 2.45) is 5.92 Å². The summed E-state index contributed by atoms with van der Waals surface area (Å²) in [5.41, 5.74) is 3.15. The number of amides is 1. The molecule has 192 valence electrons. The van der Waals surface area contributed by atoms with E-state index in [0.717, 1.165) is 48.6 Å². The van der Waals surface area contributed by atoms with Gasteiger partial charge in [-0.1, -0.05) is 29.4 Å². The first-order chi connectivity index (χ1) is 18.1. The summed E-state index contributed by atoms with van der Waals surface area (Å²) in [4.78, 5) is 24.0. The Morgan fingerprint density at radius 3 is 2.78 bits per heavy atom. The lowest BCUT2D eigenvalue weighted by Gasteiger charge is -2.30. The van der Waals surface area contributed by atoms with Gasteiger partial charge in [-0.05, 0) is 61.7 Å². The first-order valence-corrected chi connectivity index (χ1v) is 12.6. The number of benzene rings is 2. The maximum absolute atomic E-state index is 13.0. The van der Waals surface area contributed by atoms with Crippen molar-refractivity contribution in [2.75, 3.05) is 20.2 Å². The molecular weight excluding hydrogens is 468 g/mol. The SMILES string of the molecule is COc1ccc(-c2noc(CN3CCCC(C(=O)NCc4cccc(Cn5ccnc5C)c4)C3)n2)cc1. The van der Waals surface area contributed by atoms with E-state index in [4.69, 9.17) is 9.26 Å². The molecule has 2 aromatic carbocycles. The summed E-state index contributed by atoms with van der Waals surface area (Å²) in [6.45, 7) is 5.38. The third-order valence-electron chi connectivity index (χ3n) is 6.79. The van der Waals surface area contributed by atoms with Crippen LogP contribution in [0.4, 0.5) is 0 Å². The zero-order chi connectivity index (χ0) is 25.6. The van der Waals surface area contributed by atoms with E-state index < -0.39 is 0 Å². The lowest BCUT2D eigenvalue weighted by molar-refractivity contribution is -0.127. The monoisotopic (exact) mass is 500 g/mol. The summed E-state index contributed by atoms with van der Waals surface area (Å²) in [6.07, 6.45) is 5.62. The number of nitrogens with zero attached hydrogens (tertiary/aromatic N) is 5. The van der Waals surface area contributed by atoms with Crippen molar-refractivity contribution < 1.29 is 14.1 Å². The molecule has 4 aromatic rings. The lowest BCUT2D eigenvalue weighted by atomic mass is 9.97. The number of aryl methyl sites for hydroxylation is 1. The summed E-state index contributed by atoms with van der Waals surface area (Å²) >= 11 is 0. The van der Waals surface area contributed by atoms with Gasteiger partial charge >= 0.3 is 0 Å². The van der Waals surface area contributed by atoms with Gasteiger partial charge in [-0.15, -0.1) is 0 Å². The van der Waals surface area contributed by atoms with Gasteiger partial charge in [-0.3, -0.25) is 9.69 Å². The molecule has 1 saturated heterocycles. The summed E-state index contributed by atoms with van der Waals surface area (Å²) in [5, 5.41) is 7.26. The Labute approximate surface area is 216 Å². The fourth-order valence-corrected chi connectivity index (χ4v) is 4.72. The first kappa shape index (κ1) is 24.7. The van der Waals surface area contributed by atoms with Gasteiger partial charge in [0.25, 0.3) is 0 Å². The number of likely N-dealkylation sites (tertiary alicyclic amines) is 1. The van der Waals surface area contributed by atoms with Crippen molar-refractivity contribution >= 4 is 5.91 Å². The van der Waals surface area contributed by atoms with Crippen LogP contribution < -0.4 is 10.1 Å². The maximum atomic E-state index is 13.0. The number of ether oxygens (including phenoxy) is 1. The van der Waals surface area contributed by atoms with Crippen LogP contribution >= 0.6 is 0 Å². The molecule has 9 nitrogen and oxygen atoms in total. The van der Waals surface area contributed by atoms with E-state index in [9.17, 15) is 4.79 Å². The van der Waals surface area contributed by atoms with E-state index in [1.807, 2.05) is 55.7 Å². The molecule has 1 aliphatic heterocycles. The van der Waals surface area contributed by atoms with Gasteiger partial charge in [0.1, 0.15) is 11.6 Å². The van der Waals surface area contributed by atoms with Gasteiger partial charge < -0.3 is 19.1 Å². The quantitative estimate of drug-likeness (QED) is 0.373. The molecule has 5 rings (SSSR count). The Balaban J connectivity index is 1.13. The van der Waals surface area contributed by atoms with E-state index >= 15 is 0 Å². The molecule has 0 radical (unpaired) electrons. The number of imidazole rings is 1. The number of methoxy groups -OCH3 is 1. The smallest absolute Gasteiger partial charge is 0.241 e. The van der Waals surface area contributed by atoms with Crippen LogP contribution in [0.25, 0.3) is 11.4 Å². The number of nitrogens with one attached hydrogen (secondary N) is 1. The molecule has 1 fully saturated rings. The molecule has 1 atom stereocenters. The molecule has 1 N–H and O–H groups in total. The van der Waals surface area contributed by atoms with Crippen LogP contribution in [0.3, 0.4) is 0 Å². The van der Waals surface area contributed by atoms with Crippen LogP contribution in [0.15, 0.2) is 65.4 Å². The van der Waals surface area contributed by atoms with Gasteiger partial charge in [-0.2, -0.15) is 4.98 Å². The molecule has 0 saturated carbocycles. The molecule has 37 heavy (non-hydrogen) atoms. The molecule has 9 heteroatoms. The summed E-state index contributed by atoms with van der Waals surface area (Å²) < 4.78 is 12.8. The van der Waals surface area contributed by atoms with Crippen molar-refractivity contribution in [1.29, 1.82) is 0 Å². The fourth-order valence-electron chi connectivity index (χ4n) is 4.72. The predicted octanol–water partition coefficient (Wildman–Crippen LogP) is 3.83. The fraction of sp³-hybridized carbons (Fsp3) is 0.357. The van der Waals surface area contributed by atoms with Crippen molar-refractivity contribution in [3.05, 3.63) is 83.8 Å². The van der Waals surface area contributed by atoms with Crippen LogP contribution in [0.2, 0.25) is 0 Å². The Hall–Kier alpha value is -3.98. The largest absolute Gasteiger partial charge is 0.497 e. The number of piperidine rings is 1. The standard InChI is InChI=1S/C28H32N6O3/c1-20-29-12-14-34(20)17-22-6-3-5-21(15-22)16-30-28(35)24-7-4-13-33(18-24)19-26-31-27(32-37-26)23-8-10-25(36-2)11-9-23/h3,5-6,8-12,14-15,24H,4,7,13,16-19H2,1-2H3,(H,30,35). The highest BCUT2D eigenvalue weighted by Crippen LogP contribution is 2.22. The molecule has 1 amide bonds. The zero-order valence-corrected chi connectivity index (χ0v) is 21.3. The van der Waals surface area contributed by atoms with E-state index in [1.165, 1.54) is 5.56 Å². The van der Waals surface area contributed by atoms with Crippen molar-refractivity contribution in [3.63, 3.8) is 0 Å². The average molecular weight is 501 g/mol. The minimum Gasteiger partial charge on any atom is -0.497 e. The van der Waals surface area contributed by atoms with Crippen LogP contribution in [0, 0.1) is 12.8 Å². The van der Waals surface area contributed by atoms with E-state index in [1.54, 1.807) is 7.11 Å². The Bertz CT molecular complexity index is 1330. The van der Waals surface area contributed by atoms with E-state index in [2.05, 4.69) is 42.0 Å². The average Bonchev–Trinajstić information content (AvgIpc) is 3.56. The molecule has 3 heterocycles. The predicted molar refractivity (Wildman–Crippen MR) is 139 cm³/mol. The van der Waals surface area contributed by atoms with Gasteiger partial charge in [0.05, 0.1) is 19.6 Å². The number of carbonyl (C=O) groups excluding carboxylic acids is 1. The van der Waals surface area contributed by atoms with Crippen molar-refractivity contribution in [1.82, 2.24) is 29.9 Å². The van der Waals surface area contributed by atoms with Crippen LogP contribution in [-0.4, -0.2) is 50.7 Å². The molecular formula is C28H32N6O3. The normalized spacial score (nSPS) is 16.0. The second-order valence-electron chi connectivity index (χ2n) is 9.45. The molecule has 0 bridgehead atoms. The second-order valence-corrected chi connectivity index (χ2v) is 9.45. The van der Waals surface area contributed by atoms with E-state index in [0.29, 0.717) is 31.3 Å². The Kier molecular flexibility index (Phi) is 7.60. The Morgan fingerprint density at radius 2 is 2.00 bits per heavy atom. The van der Waals surface area contributed by atoms with Crippen LogP contribution in [-0.2, 0) is 24.4 Å². The minimum absolute atomic E-state index is 0.0606. The van der Waals surface area contributed by atoms with Crippen LogP contribution in [0.1, 0.15) is 35.7 Å². The Morgan fingerprint density at radius 1 is 1.16 bits per heavy atom. The second kappa shape index (κ2) is 11.4. The lowest BCUT2D eigenvalue weighted by Crippen LogP contribution is -2.42.